The quantitative estimate of drug-likeness (QED) is 0.444. The van der Waals surface area contributed by atoms with E-state index in [4.69, 9.17) is 0 Å². The number of aryl methyl sites for hydroxylation is 1. The van der Waals surface area contributed by atoms with E-state index in [9.17, 15) is 0 Å². The highest BCUT2D eigenvalue weighted by molar-refractivity contribution is 5.85. The summed E-state index contributed by atoms with van der Waals surface area (Å²) < 4.78 is 0. The molecule has 0 aliphatic carbocycles. The van der Waals surface area contributed by atoms with Crippen molar-refractivity contribution in [3.8, 4) is 11.3 Å². The van der Waals surface area contributed by atoms with Crippen molar-refractivity contribution in [2.45, 2.75) is 51.9 Å². The van der Waals surface area contributed by atoms with Crippen LogP contribution in [0.5, 0.6) is 0 Å². The first kappa shape index (κ1) is 15.9. The topological polar surface area (TPSA) is 15.8 Å². The largest absolute Gasteiger partial charge is 0.355 e. The number of rotatable bonds is 8. The molecule has 120 valence electrons. The first-order valence-corrected chi connectivity index (χ1v) is 9.04. The maximum Gasteiger partial charge on any atom is 0.0464 e. The van der Waals surface area contributed by atoms with Crippen molar-refractivity contribution in [3.05, 3.63) is 60.2 Å². The van der Waals surface area contributed by atoms with Crippen LogP contribution in [-0.2, 0) is 6.42 Å². The van der Waals surface area contributed by atoms with Crippen LogP contribution in [-0.4, -0.2) is 4.98 Å². The van der Waals surface area contributed by atoms with Crippen molar-refractivity contribution in [2.75, 3.05) is 0 Å². The number of unbranched alkanes of at least 4 members (excludes halogenated alkanes) is 5. The standard InChI is InChI=1S/C22H27N/c1-2-3-4-5-6-7-10-18-13-15-19(16-14-18)22-17-20-11-8-9-12-21(20)23-22/h8-9,11-17,23H,2-7,10H2,1H3. The Morgan fingerprint density at radius 2 is 1.52 bits per heavy atom. The van der Waals surface area contributed by atoms with Gasteiger partial charge in [-0.25, -0.2) is 0 Å². The predicted octanol–water partition coefficient (Wildman–Crippen LogP) is 6.74. The van der Waals surface area contributed by atoms with E-state index in [1.165, 1.54) is 72.7 Å². The molecule has 0 bridgehead atoms. The van der Waals surface area contributed by atoms with Gasteiger partial charge >= 0.3 is 0 Å². The zero-order chi connectivity index (χ0) is 15.9. The Labute approximate surface area is 139 Å². The first-order chi connectivity index (χ1) is 11.4. The number of H-pyrrole nitrogens is 1. The molecular formula is C22H27N. The van der Waals surface area contributed by atoms with Crippen LogP contribution in [0.15, 0.2) is 54.6 Å². The number of aromatic nitrogens is 1. The zero-order valence-electron chi connectivity index (χ0n) is 14.1. The van der Waals surface area contributed by atoms with Crippen LogP contribution in [0.25, 0.3) is 22.2 Å². The summed E-state index contributed by atoms with van der Waals surface area (Å²) in [6, 6.07) is 19.7. The predicted molar refractivity (Wildman–Crippen MR) is 101 cm³/mol. The third-order valence-electron chi connectivity index (χ3n) is 4.61. The third kappa shape index (κ3) is 4.25. The number of benzene rings is 2. The molecule has 0 aliphatic rings. The molecule has 0 saturated carbocycles. The molecule has 0 atom stereocenters. The monoisotopic (exact) mass is 305 g/mol. The van der Waals surface area contributed by atoms with Gasteiger partial charge in [-0.15, -0.1) is 0 Å². The molecule has 0 fully saturated rings. The second-order valence-electron chi connectivity index (χ2n) is 6.48. The lowest BCUT2D eigenvalue weighted by Crippen LogP contribution is -1.87. The van der Waals surface area contributed by atoms with Crippen molar-refractivity contribution in [1.82, 2.24) is 4.98 Å². The highest BCUT2D eigenvalue weighted by Crippen LogP contribution is 2.24. The van der Waals surface area contributed by atoms with Crippen molar-refractivity contribution < 1.29 is 0 Å². The maximum atomic E-state index is 3.50. The summed E-state index contributed by atoms with van der Waals surface area (Å²) in [4.78, 5) is 3.50. The molecular weight excluding hydrogens is 278 g/mol. The molecule has 0 aliphatic heterocycles. The molecule has 23 heavy (non-hydrogen) atoms. The fraction of sp³-hybridized carbons (Fsp3) is 0.364. The Balaban J connectivity index is 1.56. The molecule has 3 rings (SSSR count). The molecule has 1 heteroatoms. The lowest BCUT2D eigenvalue weighted by molar-refractivity contribution is 0.607. The van der Waals surface area contributed by atoms with Crippen LogP contribution >= 0.6 is 0 Å². The van der Waals surface area contributed by atoms with E-state index in [2.05, 4.69) is 66.5 Å². The van der Waals surface area contributed by atoms with Crippen molar-refractivity contribution >= 4 is 10.9 Å². The van der Waals surface area contributed by atoms with Gasteiger partial charge in [0.25, 0.3) is 0 Å². The summed E-state index contributed by atoms with van der Waals surface area (Å²) in [7, 11) is 0. The summed E-state index contributed by atoms with van der Waals surface area (Å²) in [6.45, 7) is 2.27. The molecule has 1 N–H and O–H groups in total. The Morgan fingerprint density at radius 1 is 0.783 bits per heavy atom. The van der Waals surface area contributed by atoms with Gasteiger partial charge < -0.3 is 4.98 Å². The second kappa shape index (κ2) is 8.01. The molecule has 1 nitrogen and oxygen atoms in total. The van der Waals surface area contributed by atoms with Crippen LogP contribution in [0, 0.1) is 0 Å². The van der Waals surface area contributed by atoms with E-state index in [0.717, 1.165) is 0 Å². The van der Waals surface area contributed by atoms with Crippen molar-refractivity contribution in [3.63, 3.8) is 0 Å². The van der Waals surface area contributed by atoms with Crippen LogP contribution in [0.3, 0.4) is 0 Å². The van der Waals surface area contributed by atoms with E-state index in [-0.39, 0.29) is 0 Å². The van der Waals surface area contributed by atoms with Crippen LogP contribution in [0.2, 0.25) is 0 Å². The molecule has 0 radical (unpaired) electrons. The van der Waals surface area contributed by atoms with Gasteiger partial charge in [-0.1, -0.05) is 81.5 Å². The smallest absolute Gasteiger partial charge is 0.0464 e. The molecule has 1 heterocycles. The molecule has 0 spiro atoms. The van der Waals surface area contributed by atoms with Crippen molar-refractivity contribution in [1.29, 1.82) is 0 Å². The molecule has 1 aromatic heterocycles. The lowest BCUT2D eigenvalue weighted by Gasteiger charge is -2.04. The number of aromatic amines is 1. The first-order valence-electron chi connectivity index (χ1n) is 9.04. The van der Waals surface area contributed by atoms with Crippen LogP contribution in [0.4, 0.5) is 0 Å². The molecule has 3 aromatic rings. The molecule has 0 unspecified atom stereocenters. The average molecular weight is 305 g/mol. The van der Waals surface area contributed by atoms with Gasteiger partial charge in [0, 0.05) is 16.6 Å². The second-order valence-corrected chi connectivity index (χ2v) is 6.48. The highest BCUT2D eigenvalue weighted by atomic mass is 14.7. The van der Waals surface area contributed by atoms with Crippen molar-refractivity contribution in [2.24, 2.45) is 0 Å². The third-order valence-corrected chi connectivity index (χ3v) is 4.61. The van der Waals surface area contributed by atoms with E-state index in [1.807, 2.05) is 0 Å². The van der Waals surface area contributed by atoms with E-state index in [1.54, 1.807) is 0 Å². The number of hydrogen-bond donors (Lipinski definition) is 1. The minimum Gasteiger partial charge on any atom is -0.355 e. The van der Waals surface area contributed by atoms with Gasteiger partial charge in [-0.2, -0.15) is 0 Å². The number of fused-ring (bicyclic) bond motifs is 1. The SMILES string of the molecule is CCCCCCCCc1ccc(-c2cc3ccccc3[nH]2)cc1. The highest BCUT2D eigenvalue weighted by Gasteiger charge is 2.03. The molecule has 2 aromatic carbocycles. The Morgan fingerprint density at radius 3 is 2.30 bits per heavy atom. The molecule has 0 saturated heterocycles. The van der Waals surface area contributed by atoms with Gasteiger partial charge in [-0.05, 0) is 36.1 Å². The summed E-state index contributed by atoms with van der Waals surface area (Å²) in [5.74, 6) is 0. The minimum absolute atomic E-state index is 1.21. The molecule has 0 amide bonds. The maximum absolute atomic E-state index is 3.50. The van der Waals surface area contributed by atoms with Crippen LogP contribution in [0.1, 0.15) is 51.0 Å². The van der Waals surface area contributed by atoms with Crippen LogP contribution < -0.4 is 0 Å². The number of hydrogen-bond acceptors (Lipinski definition) is 0. The zero-order valence-corrected chi connectivity index (χ0v) is 14.1. The van der Waals surface area contributed by atoms with E-state index >= 15 is 0 Å². The Bertz CT molecular complexity index is 688. The number of para-hydroxylation sites is 1. The summed E-state index contributed by atoms with van der Waals surface area (Å²) in [5.41, 5.74) is 5.14. The van der Waals surface area contributed by atoms with Gasteiger partial charge in [0.15, 0.2) is 0 Å². The average Bonchev–Trinajstić information content (AvgIpc) is 3.02. The lowest BCUT2D eigenvalue weighted by atomic mass is 10.0. The minimum atomic E-state index is 1.21. The van der Waals surface area contributed by atoms with Gasteiger partial charge in [0.1, 0.15) is 0 Å². The Hall–Kier alpha value is -2.02. The number of nitrogens with one attached hydrogen (secondary N) is 1. The fourth-order valence-corrected chi connectivity index (χ4v) is 3.19. The summed E-state index contributed by atoms with van der Waals surface area (Å²) in [6.07, 6.45) is 9.39. The van der Waals surface area contributed by atoms with E-state index < -0.39 is 0 Å². The van der Waals surface area contributed by atoms with E-state index in [0.29, 0.717) is 0 Å². The Kier molecular flexibility index (Phi) is 5.52. The summed E-state index contributed by atoms with van der Waals surface area (Å²) in [5, 5.41) is 1.28. The van der Waals surface area contributed by atoms with Gasteiger partial charge in [-0.3, -0.25) is 0 Å². The summed E-state index contributed by atoms with van der Waals surface area (Å²) >= 11 is 0. The van der Waals surface area contributed by atoms with Gasteiger partial charge in [0.05, 0.1) is 0 Å². The fourth-order valence-electron chi connectivity index (χ4n) is 3.19. The normalized spacial score (nSPS) is 11.2. The van der Waals surface area contributed by atoms with Gasteiger partial charge in [0.2, 0.25) is 0 Å².